The quantitative estimate of drug-likeness (QED) is 0.283. The Balaban J connectivity index is 1.55. The van der Waals surface area contributed by atoms with Crippen LogP contribution in [0.5, 0.6) is 0 Å². The first-order valence-corrected chi connectivity index (χ1v) is 9.57. The Kier molecular flexibility index (Phi) is 5.48. The highest BCUT2D eigenvalue weighted by atomic mass is 32.2. The van der Waals surface area contributed by atoms with Gasteiger partial charge in [0.15, 0.2) is 5.17 Å². The number of benzene rings is 2. The van der Waals surface area contributed by atoms with Crippen molar-refractivity contribution >= 4 is 40.8 Å². The van der Waals surface area contributed by atoms with Crippen molar-refractivity contribution in [2.45, 2.75) is 0 Å². The van der Waals surface area contributed by atoms with Crippen LogP contribution in [0.15, 0.2) is 75.9 Å². The summed E-state index contributed by atoms with van der Waals surface area (Å²) in [5, 5.41) is 28.9. The highest BCUT2D eigenvalue weighted by molar-refractivity contribution is 8.18. The minimum atomic E-state index is -0.461. The molecule has 0 unspecified atom stereocenters. The Hall–Kier alpha value is -4.05. The van der Waals surface area contributed by atoms with E-state index in [9.17, 15) is 14.9 Å². The van der Waals surface area contributed by atoms with Crippen molar-refractivity contribution in [1.82, 2.24) is 15.5 Å². The van der Waals surface area contributed by atoms with Gasteiger partial charge >= 0.3 is 0 Å². The molecule has 0 bridgehead atoms. The van der Waals surface area contributed by atoms with Crippen LogP contribution in [0.2, 0.25) is 0 Å². The van der Waals surface area contributed by atoms with Crippen molar-refractivity contribution in [3.63, 3.8) is 0 Å². The first kappa shape index (κ1) is 19.3. The molecule has 30 heavy (non-hydrogen) atoms. The average Bonchev–Trinajstić information content (AvgIpc) is 3.36. The normalized spacial score (nSPS) is 16.5. The summed E-state index contributed by atoms with van der Waals surface area (Å²) >= 11 is 1.15. The number of aromatic amines is 1. The van der Waals surface area contributed by atoms with Crippen molar-refractivity contribution in [2.75, 3.05) is 0 Å². The summed E-state index contributed by atoms with van der Waals surface area (Å²) in [7, 11) is 0. The molecule has 3 aromatic rings. The number of H-pyrrole nitrogens is 1. The van der Waals surface area contributed by atoms with E-state index in [0.717, 1.165) is 17.3 Å². The molecule has 0 saturated carbocycles. The fraction of sp³-hybridized carbons (Fsp3) is 0. The van der Waals surface area contributed by atoms with E-state index < -0.39 is 4.92 Å². The van der Waals surface area contributed by atoms with Gasteiger partial charge in [0.2, 0.25) is 0 Å². The van der Waals surface area contributed by atoms with Crippen molar-refractivity contribution in [3.8, 4) is 11.3 Å². The molecule has 4 rings (SSSR count). The van der Waals surface area contributed by atoms with Gasteiger partial charge in [0.05, 0.1) is 27.9 Å². The van der Waals surface area contributed by atoms with E-state index >= 15 is 0 Å². The van der Waals surface area contributed by atoms with Gasteiger partial charge < -0.3 is 0 Å². The van der Waals surface area contributed by atoms with Crippen LogP contribution in [0.1, 0.15) is 11.1 Å². The van der Waals surface area contributed by atoms with E-state index in [-0.39, 0.29) is 11.6 Å². The molecule has 1 aliphatic rings. The first-order valence-electron chi connectivity index (χ1n) is 8.75. The number of amides is 1. The summed E-state index contributed by atoms with van der Waals surface area (Å²) in [6, 6.07) is 15.7. The van der Waals surface area contributed by atoms with Crippen molar-refractivity contribution < 1.29 is 9.72 Å². The van der Waals surface area contributed by atoms with Gasteiger partial charge in [0.25, 0.3) is 11.6 Å². The van der Waals surface area contributed by atoms with E-state index in [0.29, 0.717) is 26.9 Å². The predicted octanol–water partition coefficient (Wildman–Crippen LogP) is 3.58. The second-order valence-corrected chi connectivity index (χ2v) is 7.16. The molecular weight excluding hydrogens is 404 g/mol. The lowest BCUT2D eigenvalue weighted by Gasteiger charge is -2.00. The summed E-state index contributed by atoms with van der Waals surface area (Å²) in [4.78, 5) is 23.3. The molecule has 0 aliphatic carbocycles. The lowest BCUT2D eigenvalue weighted by atomic mass is 10.1. The first-order chi connectivity index (χ1) is 14.6. The summed E-state index contributed by atoms with van der Waals surface area (Å²) in [5.41, 5.74) is 2.67. The average molecular weight is 418 g/mol. The van der Waals surface area contributed by atoms with E-state index in [4.69, 9.17) is 0 Å². The third-order valence-corrected chi connectivity index (χ3v) is 5.01. The minimum absolute atomic E-state index is 0.0283. The lowest BCUT2D eigenvalue weighted by molar-refractivity contribution is -0.384. The Labute approximate surface area is 174 Å². The van der Waals surface area contributed by atoms with Crippen molar-refractivity contribution in [1.29, 1.82) is 0 Å². The fourth-order valence-corrected chi connectivity index (χ4v) is 3.48. The summed E-state index contributed by atoms with van der Waals surface area (Å²) < 4.78 is 0. The van der Waals surface area contributed by atoms with E-state index in [1.165, 1.54) is 12.1 Å². The molecule has 10 heteroatoms. The molecular formula is C20H14N6O3S. The highest BCUT2D eigenvalue weighted by Crippen LogP contribution is 2.30. The number of hydrogen-bond acceptors (Lipinski definition) is 7. The summed E-state index contributed by atoms with van der Waals surface area (Å²) in [6.07, 6.45) is 4.80. The summed E-state index contributed by atoms with van der Waals surface area (Å²) in [5.74, 6) is -0.306. The molecule has 2 N–H and O–H groups in total. The Morgan fingerprint density at radius 3 is 2.77 bits per heavy atom. The van der Waals surface area contributed by atoms with Gasteiger partial charge in [0.1, 0.15) is 0 Å². The van der Waals surface area contributed by atoms with Crippen molar-refractivity contribution in [2.24, 2.45) is 10.2 Å². The molecule has 2 heterocycles. The van der Waals surface area contributed by atoms with Crippen LogP contribution in [-0.4, -0.2) is 32.4 Å². The highest BCUT2D eigenvalue weighted by Gasteiger charge is 2.24. The zero-order chi connectivity index (χ0) is 20.9. The minimum Gasteiger partial charge on any atom is -0.299 e. The number of non-ortho nitro benzene ring substituents is 1. The number of carbonyl (C=O) groups is 1. The third-order valence-electron chi connectivity index (χ3n) is 4.11. The number of carbonyl (C=O) groups excluding carboxylic acids is 1. The standard InChI is InChI=1S/C20H14N6O3S/c27-19-17(30-20(23-19)25-21-11-13-5-2-1-3-6-13)10-15-12-22-24-18(15)14-7-4-8-16(9-14)26(28)29/h1-12H,(H,22,24)(H,23,25,27). The molecule has 1 saturated heterocycles. The molecule has 1 aromatic heterocycles. The van der Waals surface area contributed by atoms with Gasteiger partial charge in [-0.25, -0.2) is 0 Å². The maximum atomic E-state index is 12.3. The van der Waals surface area contributed by atoms with Crippen LogP contribution in [0.25, 0.3) is 17.3 Å². The number of thioether (sulfide) groups is 1. The molecule has 148 valence electrons. The Morgan fingerprint density at radius 2 is 1.97 bits per heavy atom. The molecule has 1 amide bonds. The van der Waals surface area contributed by atoms with E-state index in [1.54, 1.807) is 30.6 Å². The van der Waals surface area contributed by atoms with Crippen LogP contribution in [0, 0.1) is 10.1 Å². The van der Waals surface area contributed by atoms with Gasteiger partial charge in [-0.2, -0.15) is 10.2 Å². The monoisotopic (exact) mass is 418 g/mol. The number of aromatic nitrogens is 2. The molecule has 1 aliphatic heterocycles. The topological polar surface area (TPSA) is 126 Å². The number of nitrogens with zero attached hydrogens (tertiary/aromatic N) is 4. The fourth-order valence-electron chi connectivity index (χ4n) is 2.71. The molecule has 9 nitrogen and oxygen atoms in total. The molecule has 1 fully saturated rings. The van der Waals surface area contributed by atoms with Gasteiger partial charge in [-0.3, -0.25) is 25.3 Å². The number of nitro groups is 1. The van der Waals surface area contributed by atoms with Crippen LogP contribution in [0.3, 0.4) is 0 Å². The summed E-state index contributed by atoms with van der Waals surface area (Å²) in [6.45, 7) is 0. The molecule has 0 atom stereocenters. The number of rotatable bonds is 5. The Bertz CT molecular complexity index is 1200. The number of hydrogen-bond donors (Lipinski definition) is 2. The van der Waals surface area contributed by atoms with Crippen LogP contribution < -0.4 is 5.32 Å². The van der Waals surface area contributed by atoms with Gasteiger partial charge in [0, 0.05) is 23.3 Å². The SMILES string of the molecule is O=C1NC(=NN=Cc2ccccc2)SC1=Cc1cn[nH]c1-c1cccc([N+](=O)[O-])c1. The zero-order valence-electron chi connectivity index (χ0n) is 15.4. The predicted molar refractivity (Wildman–Crippen MR) is 116 cm³/mol. The largest absolute Gasteiger partial charge is 0.299 e. The van der Waals surface area contributed by atoms with Gasteiger partial charge in [-0.1, -0.05) is 42.5 Å². The third kappa shape index (κ3) is 4.33. The van der Waals surface area contributed by atoms with E-state index in [1.807, 2.05) is 30.3 Å². The maximum Gasteiger partial charge on any atom is 0.270 e. The number of nitrogens with one attached hydrogen (secondary N) is 2. The molecule has 2 aromatic carbocycles. The molecule has 0 spiro atoms. The number of nitro benzene ring substituents is 1. The molecule has 0 radical (unpaired) electrons. The van der Waals surface area contributed by atoms with Crippen LogP contribution in [0.4, 0.5) is 5.69 Å². The zero-order valence-corrected chi connectivity index (χ0v) is 16.2. The second kappa shape index (κ2) is 8.53. The van der Waals surface area contributed by atoms with Gasteiger partial charge in [-0.15, -0.1) is 5.10 Å². The van der Waals surface area contributed by atoms with Gasteiger partial charge in [-0.05, 0) is 23.4 Å². The van der Waals surface area contributed by atoms with Crippen molar-refractivity contribution in [3.05, 3.63) is 86.9 Å². The van der Waals surface area contributed by atoms with Crippen LogP contribution in [-0.2, 0) is 4.79 Å². The second-order valence-electron chi connectivity index (χ2n) is 6.13. The van der Waals surface area contributed by atoms with E-state index in [2.05, 4.69) is 25.7 Å². The van der Waals surface area contributed by atoms with Crippen LogP contribution >= 0.6 is 11.8 Å². The lowest BCUT2D eigenvalue weighted by Crippen LogP contribution is -2.19. The maximum absolute atomic E-state index is 12.3. The smallest absolute Gasteiger partial charge is 0.270 e. The Morgan fingerprint density at radius 1 is 1.13 bits per heavy atom. The number of amidine groups is 1.